The molecule has 7 heteroatoms. The molecule has 19 heavy (non-hydrogen) atoms. The zero-order chi connectivity index (χ0) is 13.5. The van der Waals surface area contributed by atoms with Crippen LogP contribution < -0.4 is 16.6 Å². The van der Waals surface area contributed by atoms with Crippen LogP contribution in [-0.4, -0.2) is 27.6 Å². The van der Waals surface area contributed by atoms with Gasteiger partial charge in [-0.2, -0.15) is 0 Å². The lowest BCUT2D eigenvalue weighted by Crippen LogP contribution is -2.27. The minimum atomic E-state index is -0.259. The summed E-state index contributed by atoms with van der Waals surface area (Å²) in [7, 11) is 0. The van der Waals surface area contributed by atoms with E-state index in [0.717, 1.165) is 12.0 Å². The van der Waals surface area contributed by atoms with Crippen molar-refractivity contribution in [2.24, 2.45) is 5.84 Å². The van der Waals surface area contributed by atoms with E-state index in [9.17, 15) is 4.79 Å². The van der Waals surface area contributed by atoms with Gasteiger partial charge in [0.25, 0.3) is 5.91 Å². The van der Waals surface area contributed by atoms with Gasteiger partial charge in [-0.25, -0.2) is 5.84 Å². The van der Waals surface area contributed by atoms with Gasteiger partial charge in [-0.05, 0) is 36.2 Å². The van der Waals surface area contributed by atoms with Gasteiger partial charge in [0.2, 0.25) is 0 Å². The number of aromatic nitrogens is 3. The highest BCUT2D eigenvalue weighted by Crippen LogP contribution is 2.00. The summed E-state index contributed by atoms with van der Waals surface area (Å²) < 4.78 is 0. The van der Waals surface area contributed by atoms with Gasteiger partial charge in [0.15, 0.2) is 11.5 Å². The molecule has 0 aromatic carbocycles. The van der Waals surface area contributed by atoms with Crippen LogP contribution in [0.5, 0.6) is 0 Å². The van der Waals surface area contributed by atoms with E-state index in [4.69, 9.17) is 5.84 Å². The number of hydrogen-bond donors (Lipinski definition) is 3. The maximum Gasteiger partial charge on any atom is 0.271 e. The van der Waals surface area contributed by atoms with Gasteiger partial charge in [-0.3, -0.25) is 9.78 Å². The first kappa shape index (κ1) is 12.9. The largest absolute Gasteiger partial charge is 0.350 e. The monoisotopic (exact) mass is 258 g/mol. The van der Waals surface area contributed by atoms with Crippen molar-refractivity contribution in [3.63, 3.8) is 0 Å². The maximum atomic E-state index is 11.8. The van der Waals surface area contributed by atoms with E-state index in [1.54, 1.807) is 24.5 Å². The third-order valence-electron chi connectivity index (χ3n) is 2.49. The molecule has 7 nitrogen and oxygen atoms in total. The molecular formula is C12H14N6O. The summed E-state index contributed by atoms with van der Waals surface area (Å²) in [6, 6.07) is 6.97. The summed E-state index contributed by atoms with van der Waals surface area (Å²) in [5.41, 5.74) is 3.72. The fraction of sp³-hybridized carbons (Fsp3) is 0.167. The van der Waals surface area contributed by atoms with Crippen LogP contribution in [0.1, 0.15) is 16.1 Å². The van der Waals surface area contributed by atoms with Gasteiger partial charge >= 0.3 is 0 Å². The Labute approximate surface area is 110 Å². The molecule has 0 aliphatic rings. The molecule has 0 saturated heterocycles. The average molecular weight is 258 g/mol. The molecule has 0 saturated carbocycles. The second kappa shape index (κ2) is 6.41. The Morgan fingerprint density at radius 2 is 1.95 bits per heavy atom. The Morgan fingerprint density at radius 1 is 1.16 bits per heavy atom. The van der Waals surface area contributed by atoms with Crippen LogP contribution in [-0.2, 0) is 6.42 Å². The van der Waals surface area contributed by atoms with Crippen LogP contribution in [0.4, 0.5) is 5.82 Å². The van der Waals surface area contributed by atoms with Gasteiger partial charge < -0.3 is 10.7 Å². The minimum Gasteiger partial charge on any atom is -0.350 e. The molecule has 0 spiro atoms. The molecule has 0 aliphatic heterocycles. The van der Waals surface area contributed by atoms with Crippen LogP contribution in [0.15, 0.2) is 36.7 Å². The Bertz CT molecular complexity index is 528. The average Bonchev–Trinajstić information content (AvgIpc) is 2.48. The summed E-state index contributed by atoms with van der Waals surface area (Å²) in [5, 5.41) is 10.3. The van der Waals surface area contributed by atoms with Gasteiger partial charge in [-0.15, -0.1) is 10.2 Å². The number of carbonyl (C=O) groups is 1. The predicted molar refractivity (Wildman–Crippen MR) is 70.1 cm³/mol. The van der Waals surface area contributed by atoms with Crippen LogP contribution in [0, 0.1) is 0 Å². The van der Waals surface area contributed by atoms with Crippen molar-refractivity contribution in [2.75, 3.05) is 12.0 Å². The molecule has 1 amide bonds. The second-order valence-corrected chi connectivity index (χ2v) is 3.81. The van der Waals surface area contributed by atoms with Crippen molar-refractivity contribution < 1.29 is 4.79 Å². The Hall–Kier alpha value is -2.54. The highest BCUT2D eigenvalue weighted by atomic mass is 16.1. The Morgan fingerprint density at radius 3 is 2.58 bits per heavy atom. The van der Waals surface area contributed by atoms with E-state index >= 15 is 0 Å². The van der Waals surface area contributed by atoms with E-state index < -0.39 is 0 Å². The van der Waals surface area contributed by atoms with Crippen molar-refractivity contribution >= 4 is 11.7 Å². The zero-order valence-electron chi connectivity index (χ0n) is 10.2. The molecule has 2 heterocycles. The van der Waals surface area contributed by atoms with Crippen molar-refractivity contribution in [1.29, 1.82) is 0 Å². The van der Waals surface area contributed by atoms with Crippen LogP contribution in [0.3, 0.4) is 0 Å². The summed E-state index contributed by atoms with van der Waals surface area (Å²) in [6.07, 6.45) is 4.19. The first-order chi connectivity index (χ1) is 9.29. The quantitative estimate of drug-likeness (QED) is 0.520. The summed E-state index contributed by atoms with van der Waals surface area (Å²) in [6.45, 7) is 0.529. The van der Waals surface area contributed by atoms with E-state index in [1.165, 1.54) is 0 Å². The topological polar surface area (TPSA) is 106 Å². The number of hydrogen-bond acceptors (Lipinski definition) is 6. The standard InChI is InChI=1S/C12H14N6O/c13-16-11-2-1-10(17-18-11)12(19)15-8-5-9-3-6-14-7-4-9/h1-4,6-7H,5,8,13H2,(H,15,19)(H,16,18). The maximum absolute atomic E-state index is 11.8. The molecule has 4 N–H and O–H groups in total. The fourth-order valence-electron chi connectivity index (χ4n) is 1.49. The van der Waals surface area contributed by atoms with Gasteiger partial charge in [0.1, 0.15) is 0 Å². The summed E-state index contributed by atoms with van der Waals surface area (Å²) in [5.74, 6) is 5.31. The van der Waals surface area contributed by atoms with E-state index in [1.807, 2.05) is 12.1 Å². The first-order valence-corrected chi connectivity index (χ1v) is 5.77. The van der Waals surface area contributed by atoms with Crippen LogP contribution >= 0.6 is 0 Å². The van der Waals surface area contributed by atoms with E-state index in [0.29, 0.717) is 12.4 Å². The molecular weight excluding hydrogens is 244 g/mol. The molecule has 98 valence electrons. The number of nitrogen functional groups attached to an aromatic ring is 1. The number of nitrogens with two attached hydrogens (primary N) is 1. The fourth-order valence-corrected chi connectivity index (χ4v) is 1.49. The molecule has 0 radical (unpaired) electrons. The van der Waals surface area contributed by atoms with E-state index in [-0.39, 0.29) is 11.6 Å². The Kier molecular flexibility index (Phi) is 4.35. The van der Waals surface area contributed by atoms with E-state index in [2.05, 4.69) is 25.9 Å². The van der Waals surface area contributed by atoms with Gasteiger partial charge in [0.05, 0.1) is 0 Å². The molecule has 2 aromatic heterocycles. The molecule has 0 aliphatic carbocycles. The SMILES string of the molecule is NNc1ccc(C(=O)NCCc2ccncc2)nn1. The van der Waals surface area contributed by atoms with Crippen molar-refractivity contribution in [3.05, 3.63) is 47.9 Å². The predicted octanol–water partition coefficient (Wildman–Crippen LogP) is 0.130. The third kappa shape index (κ3) is 3.71. The lowest BCUT2D eigenvalue weighted by Gasteiger charge is -2.04. The number of amides is 1. The summed E-state index contributed by atoms with van der Waals surface area (Å²) >= 11 is 0. The van der Waals surface area contributed by atoms with Crippen LogP contribution in [0.2, 0.25) is 0 Å². The smallest absolute Gasteiger partial charge is 0.271 e. The van der Waals surface area contributed by atoms with Crippen LogP contribution in [0.25, 0.3) is 0 Å². The molecule has 2 aromatic rings. The number of nitrogens with one attached hydrogen (secondary N) is 2. The Balaban J connectivity index is 1.84. The number of nitrogens with zero attached hydrogens (tertiary/aromatic N) is 3. The lowest BCUT2D eigenvalue weighted by atomic mass is 10.2. The molecule has 0 unspecified atom stereocenters. The van der Waals surface area contributed by atoms with Crippen molar-refractivity contribution in [2.45, 2.75) is 6.42 Å². The zero-order valence-corrected chi connectivity index (χ0v) is 10.2. The minimum absolute atomic E-state index is 0.258. The summed E-state index contributed by atoms with van der Waals surface area (Å²) in [4.78, 5) is 15.7. The first-order valence-electron chi connectivity index (χ1n) is 5.77. The number of anilines is 1. The van der Waals surface area contributed by atoms with Crippen molar-refractivity contribution in [1.82, 2.24) is 20.5 Å². The highest BCUT2D eigenvalue weighted by Gasteiger charge is 2.07. The number of hydrazine groups is 1. The lowest BCUT2D eigenvalue weighted by molar-refractivity contribution is 0.0948. The highest BCUT2D eigenvalue weighted by molar-refractivity contribution is 5.92. The number of rotatable bonds is 5. The molecule has 2 rings (SSSR count). The van der Waals surface area contributed by atoms with Gasteiger partial charge in [-0.1, -0.05) is 0 Å². The third-order valence-corrected chi connectivity index (χ3v) is 2.49. The molecule has 0 atom stereocenters. The molecule has 0 bridgehead atoms. The van der Waals surface area contributed by atoms with Gasteiger partial charge in [0, 0.05) is 18.9 Å². The number of pyridine rings is 1. The normalized spacial score (nSPS) is 9.95. The molecule has 0 fully saturated rings. The second-order valence-electron chi connectivity index (χ2n) is 3.81. The number of carbonyl (C=O) groups excluding carboxylic acids is 1. The van der Waals surface area contributed by atoms with Crippen molar-refractivity contribution in [3.8, 4) is 0 Å².